The van der Waals surface area contributed by atoms with E-state index in [-0.39, 0.29) is 11.6 Å². The Bertz CT molecular complexity index is 649. The van der Waals surface area contributed by atoms with E-state index in [1.54, 1.807) is 48.5 Å². The van der Waals surface area contributed by atoms with Crippen LogP contribution in [-0.2, 0) is 9.59 Å². The molecular formula is C17H14Cl2O2S2. The Morgan fingerprint density at radius 2 is 1.04 bits per heavy atom. The smallest absolute Gasteiger partial charge is 0.186 e. The van der Waals surface area contributed by atoms with E-state index < -0.39 is 4.08 Å². The molecular weight excluding hydrogens is 371 g/mol. The van der Waals surface area contributed by atoms with Crippen molar-refractivity contribution < 1.29 is 9.59 Å². The summed E-state index contributed by atoms with van der Waals surface area (Å²) in [4.78, 5) is 26.3. The van der Waals surface area contributed by atoms with Crippen molar-refractivity contribution in [1.29, 1.82) is 0 Å². The zero-order chi connectivity index (χ0) is 17.0. The topological polar surface area (TPSA) is 34.1 Å². The molecule has 6 heteroatoms. The SMILES string of the molecule is CC(=O)C(Sc1ccc(Cl)cc1)(Sc1ccc(Cl)cc1)C(C)=O. The van der Waals surface area contributed by atoms with E-state index >= 15 is 0 Å². The first-order valence-electron chi connectivity index (χ1n) is 6.75. The lowest BCUT2D eigenvalue weighted by Gasteiger charge is -2.27. The maximum Gasteiger partial charge on any atom is 0.186 e. The molecule has 2 aromatic rings. The number of Topliss-reactive ketones (excluding diaryl/α,β-unsaturated/α-hetero) is 2. The standard InChI is InChI=1S/C17H14Cl2O2S2/c1-11(20)17(12(2)21,22-15-7-3-13(18)4-8-15)23-16-9-5-14(19)6-10-16/h3-10H,1-2H3. The first-order valence-corrected chi connectivity index (χ1v) is 9.13. The fourth-order valence-electron chi connectivity index (χ4n) is 1.89. The molecule has 2 rings (SSSR count). The summed E-state index contributed by atoms with van der Waals surface area (Å²) in [6.45, 7) is 2.88. The summed E-state index contributed by atoms with van der Waals surface area (Å²) < 4.78 is -1.23. The summed E-state index contributed by atoms with van der Waals surface area (Å²) in [5, 5.41) is 1.21. The maximum atomic E-state index is 12.3. The normalized spacial score (nSPS) is 11.3. The van der Waals surface area contributed by atoms with E-state index in [1.807, 2.05) is 0 Å². The summed E-state index contributed by atoms with van der Waals surface area (Å²) in [7, 11) is 0. The zero-order valence-electron chi connectivity index (χ0n) is 12.5. The predicted molar refractivity (Wildman–Crippen MR) is 98.7 cm³/mol. The molecule has 0 aliphatic heterocycles. The molecule has 0 unspecified atom stereocenters. The van der Waals surface area contributed by atoms with Gasteiger partial charge in [-0.05, 0) is 62.4 Å². The Hall–Kier alpha value is -0.940. The molecule has 0 saturated carbocycles. The van der Waals surface area contributed by atoms with Gasteiger partial charge in [-0.3, -0.25) is 9.59 Å². The van der Waals surface area contributed by atoms with Crippen LogP contribution < -0.4 is 0 Å². The average molecular weight is 385 g/mol. The Kier molecular flexibility index (Phi) is 6.20. The van der Waals surface area contributed by atoms with Gasteiger partial charge in [-0.25, -0.2) is 0 Å². The van der Waals surface area contributed by atoms with Gasteiger partial charge in [0.15, 0.2) is 15.6 Å². The monoisotopic (exact) mass is 384 g/mol. The summed E-state index contributed by atoms with van der Waals surface area (Å²) >= 11 is 14.2. The number of carbonyl (C=O) groups is 2. The molecule has 0 spiro atoms. The van der Waals surface area contributed by atoms with Crippen LogP contribution in [0.1, 0.15) is 13.8 Å². The van der Waals surface area contributed by atoms with Gasteiger partial charge in [-0.2, -0.15) is 0 Å². The third-order valence-electron chi connectivity index (χ3n) is 3.08. The molecule has 0 aliphatic rings. The number of halogens is 2. The quantitative estimate of drug-likeness (QED) is 0.360. The van der Waals surface area contributed by atoms with Gasteiger partial charge in [-0.15, -0.1) is 0 Å². The number of carbonyl (C=O) groups excluding carboxylic acids is 2. The minimum atomic E-state index is -1.23. The largest absolute Gasteiger partial charge is 0.297 e. The molecule has 0 aromatic heterocycles. The molecule has 0 aliphatic carbocycles. The molecule has 0 heterocycles. The minimum absolute atomic E-state index is 0.204. The highest BCUT2D eigenvalue weighted by atomic mass is 35.5. The molecule has 0 amide bonds. The number of ketones is 2. The van der Waals surface area contributed by atoms with Crippen molar-refractivity contribution in [3.63, 3.8) is 0 Å². The van der Waals surface area contributed by atoms with Gasteiger partial charge in [0.1, 0.15) is 0 Å². The lowest BCUT2D eigenvalue weighted by atomic mass is 10.2. The number of thioether (sulfide) groups is 2. The molecule has 0 atom stereocenters. The fourth-order valence-corrected chi connectivity index (χ4v) is 4.67. The highest BCUT2D eigenvalue weighted by molar-refractivity contribution is 8.20. The van der Waals surface area contributed by atoms with Crippen LogP contribution >= 0.6 is 46.7 Å². The van der Waals surface area contributed by atoms with Crippen LogP contribution in [-0.4, -0.2) is 15.6 Å². The summed E-state index contributed by atoms with van der Waals surface area (Å²) in [6.07, 6.45) is 0. The van der Waals surface area contributed by atoms with Crippen molar-refractivity contribution in [1.82, 2.24) is 0 Å². The second kappa shape index (κ2) is 7.75. The number of hydrogen-bond acceptors (Lipinski definition) is 4. The lowest BCUT2D eigenvalue weighted by Crippen LogP contribution is -2.37. The van der Waals surface area contributed by atoms with Crippen LogP contribution in [0.3, 0.4) is 0 Å². The number of hydrogen-bond donors (Lipinski definition) is 0. The third kappa shape index (κ3) is 4.54. The summed E-state index contributed by atoms with van der Waals surface area (Å²) in [5.41, 5.74) is 0. The highest BCUT2D eigenvalue weighted by Gasteiger charge is 2.43. The zero-order valence-corrected chi connectivity index (χ0v) is 15.7. The first-order chi connectivity index (χ1) is 10.8. The summed E-state index contributed by atoms with van der Waals surface area (Å²) in [6, 6.07) is 14.2. The van der Waals surface area contributed by atoms with E-state index in [2.05, 4.69) is 0 Å². The van der Waals surface area contributed by atoms with E-state index in [0.29, 0.717) is 10.0 Å². The van der Waals surface area contributed by atoms with Crippen LogP contribution in [0, 0.1) is 0 Å². The van der Waals surface area contributed by atoms with Crippen LogP contribution in [0.2, 0.25) is 10.0 Å². The van der Waals surface area contributed by atoms with E-state index in [4.69, 9.17) is 23.2 Å². The van der Waals surface area contributed by atoms with Crippen molar-refractivity contribution in [2.75, 3.05) is 0 Å². The van der Waals surface area contributed by atoms with Gasteiger partial charge in [0.05, 0.1) is 0 Å². The van der Waals surface area contributed by atoms with Crippen LogP contribution in [0.4, 0.5) is 0 Å². The minimum Gasteiger partial charge on any atom is -0.297 e. The maximum absolute atomic E-state index is 12.3. The van der Waals surface area contributed by atoms with Crippen LogP contribution in [0.15, 0.2) is 58.3 Å². The van der Waals surface area contributed by atoms with E-state index in [1.165, 1.54) is 37.4 Å². The van der Waals surface area contributed by atoms with Gasteiger partial charge < -0.3 is 0 Å². The summed E-state index contributed by atoms with van der Waals surface area (Å²) in [5.74, 6) is -0.408. The molecule has 0 saturated heterocycles. The predicted octanol–water partition coefficient (Wildman–Crippen LogP) is 5.75. The van der Waals surface area contributed by atoms with Gasteiger partial charge in [0.25, 0.3) is 0 Å². The van der Waals surface area contributed by atoms with Crippen LogP contribution in [0.25, 0.3) is 0 Å². The van der Waals surface area contributed by atoms with Gasteiger partial charge in [0, 0.05) is 19.8 Å². The molecule has 120 valence electrons. The first kappa shape index (κ1) is 18.4. The fraction of sp³-hybridized carbons (Fsp3) is 0.176. The van der Waals surface area contributed by atoms with E-state index in [0.717, 1.165) is 9.79 Å². The van der Waals surface area contributed by atoms with Crippen molar-refractivity contribution in [3.8, 4) is 0 Å². The van der Waals surface area contributed by atoms with Gasteiger partial charge in [0.2, 0.25) is 0 Å². The molecule has 2 nitrogen and oxygen atoms in total. The van der Waals surface area contributed by atoms with Crippen LogP contribution in [0.5, 0.6) is 0 Å². The second-order valence-corrected chi connectivity index (χ2v) is 8.55. The Morgan fingerprint density at radius 3 is 1.30 bits per heavy atom. The number of rotatable bonds is 6. The Morgan fingerprint density at radius 1 is 0.739 bits per heavy atom. The van der Waals surface area contributed by atoms with Gasteiger partial charge in [-0.1, -0.05) is 46.7 Å². The molecule has 0 fully saturated rings. The molecule has 2 aromatic carbocycles. The number of benzene rings is 2. The van der Waals surface area contributed by atoms with Crippen molar-refractivity contribution in [2.45, 2.75) is 27.7 Å². The molecule has 0 N–H and O–H groups in total. The van der Waals surface area contributed by atoms with Crippen molar-refractivity contribution >= 4 is 58.3 Å². The van der Waals surface area contributed by atoms with Crippen molar-refractivity contribution in [3.05, 3.63) is 58.6 Å². The molecule has 0 radical (unpaired) electrons. The second-order valence-electron chi connectivity index (χ2n) is 4.84. The average Bonchev–Trinajstić information content (AvgIpc) is 2.50. The third-order valence-corrected chi connectivity index (χ3v) is 6.82. The Balaban J connectivity index is 2.38. The van der Waals surface area contributed by atoms with Gasteiger partial charge >= 0.3 is 0 Å². The molecule has 0 bridgehead atoms. The lowest BCUT2D eigenvalue weighted by molar-refractivity contribution is -0.125. The highest BCUT2D eigenvalue weighted by Crippen LogP contribution is 2.47. The van der Waals surface area contributed by atoms with Crippen molar-refractivity contribution in [2.24, 2.45) is 0 Å². The Labute approximate surface area is 153 Å². The molecule has 23 heavy (non-hydrogen) atoms. The van der Waals surface area contributed by atoms with E-state index in [9.17, 15) is 9.59 Å².